The van der Waals surface area contributed by atoms with E-state index in [9.17, 15) is 13.2 Å². The Morgan fingerprint density at radius 3 is 1.90 bits per heavy atom. The smallest absolute Gasteiger partial charge is 0.475 e. The van der Waals surface area contributed by atoms with Gasteiger partial charge in [-0.1, -0.05) is 0 Å². The highest BCUT2D eigenvalue weighted by atomic mass is 19.4. The summed E-state index contributed by atoms with van der Waals surface area (Å²) in [6.07, 6.45) is 3.15. The molecule has 12 heteroatoms. The summed E-state index contributed by atoms with van der Waals surface area (Å²) in [7, 11) is 0. The van der Waals surface area contributed by atoms with Crippen LogP contribution in [0.4, 0.5) is 25.1 Å². The van der Waals surface area contributed by atoms with E-state index in [1.165, 1.54) is 0 Å². The number of alkyl halides is 3. The van der Waals surface area contributed by atoms with Crippen LogP contribution in [0.25, 0.3) is 0 Å². The molecule has 2 saturated heterocycles. The predicted octanol–water partition coefficient (Wildman–Crippen LogP) is 1.63. The summed E-state index contributed by atoms with van der Waals surface area (Å²) in [6, 6.07) is 3.69. The molecule has 0 saturated carbocycles. The lowest BCUT2D eigenvalue weighted by Crippen LogP contribution is -2.41. The second-order valence-electron chi connectivity index (χ2n) is 7.05. The van der Waals surface area contributed by atoms with Crippen LogP contribution in [0.15, 0.2) is 36.9 Å². The summed E-state index contributed by atoms with van der Waals surface area (Å²) >= 11 is 0. The SMILES string of the molecule is O=C(O)C(F)(F)F.c1cnc(N2CCOCC3(CCN(c4ncccn4)C3)C2)nc1. The van der Waals surface area contributed by atoms with Gasteiger partial charge in [0.2, 0.25) is 11.9 Å². The van der Waals surface area contributed by atoms with E-state index in [1.54, 1.807) is 24.8 Å². The number of nitrogens with zero attached hydrogens (tertiary/aromatic N) is 6. The van der Waals surface area contributed by atoms with Crippen LogP contribution in [0.2, 0.25) is 0 Å². The van der Waals surface area contributed by atoms with E-state index in [-0.39, 0.29) is 5.41 Å². The fourth-order valence-electron chi connectivity index (χ4n) is 3.43. The Morgan fingerprint density at radius 2 is 1.43 bits per heavy atom. The Balaban J connectivity index is 0.000000318. The average Bonchev–Trinajstić information content (AvgIpc) is 3.03. The Kier molecular flexibility index (Phi) is 6.65. The molecule has 4 rings (SSSR count). The Hall–Kier alpha value is -3.02. The number of aromatic nitrogens is 4. The first-order valence-corrected chi connectivity index (χ1v) is 9.21. The summed E-state index contributed by atoms with van der Waals surface area (Å²) in [6.45, 7) is 5.06. The molecule has 2 aliphatic rings. The minimum Gasteiger partial charge on any atom is -0.475 e. The molecule has 0 radical (unpaired) electrons. The van der Waals surface area contributed by atoms with Gasteiger partial charge in [0.15, 0.2) is 0 Å². The molecule has 2 fully saturated rings. The lowest BCUT2D eigenvalue weighted by Gasteiger charge is -2.31. The zero-order chi connectivity index (χ0) is 21.6. The van der Waals surface area contributed by atoms with E-state index in [2.05, 4.69) is 29.7 Å². The molecule has 1 unspecified atom stereocenters. The van der Waals surface area contributed by atoms with Gasteiger partial charge in [-0.15, -0.1) is 0 Å². The van der Waals surface area contributed by atoms with Crippen molar-refractivity contribution >= 4 is 17.9 Å². The van der Waals surface area contributed by atoms with Gasteiger partial charge in [-0.05, 0) is 18.6 Å². The van der Waals surface area contributed by atoms with Gasteiger partial charge in [0.05, 0.1) is 13.2 Å². The molecule has 0 amide bonds. The molecule has 1 spiro atoms. The minimum atomic E-state index is -5.08. The molecule has 0 aliphatic carbocycles. The zero-order valence-electron chi connectivity index (χ0n) is 16.0. The summed E-state index contributed by atoms with van der Waals surface area (Å²) in [5.74, 6) is -1.17. The summed E-state index contributed by atoms with van der Waals surface area (Å²) in [5.41, 5.74) is 0.0783. The number of rotatable bonds is 2. The van der Waals surface area contributed by atoms with Crippen molar-refractivity contribution in [3.05, 3.63) is 36.9 Å². The molecule has 0 bridgehead atoms. The van der Waals surface area contributed by atoms with Crippen LogP contribution in [-0.4, -0.2) is 76.6 Å². The molecule has 30 heavy (non-hydrogen) atoms. The van der Waals surface area contributed by atoms with Gasteiger partial charge >= 0.3 is 12.1 Å². The van der Waals surface area contributed by atoms with Crippen molar-refractivity contribution in [2.75, 3.05) is 49.2 Å². The fourth-order valence-corrected chi connectivity index (χ4v) is 3.43. The van der Waals surface area contributed by atoms with Crippen molar-refractivity contribution in [3.63, 3.8) is 0 Å². The molecular formula is C18H21F3N6O3. The first kappa shape index (κ1) is 21.7. The summed E-state index contributed by atoms with van der Waals surface area (Å²) < 4.78 is 37.6. The van der Waals surface area contributed by atoms with Crippen LogP contribution < -0.4 is 9.80 Å². The Bertz CT molecular complexity index is 827. The molecule has 0 aromatic carbocycles. The number of hydrogen-bond donors (Lipinski definition) is 1. The molecule has 4 heterocycles. The van der Waals surface area contributed by atoms with E-state index in [1.807, 2.05) is 12.1 Å². The van der Waals surface area contributed by atoms with Crippen molar-refractivity contribution < 1.29 is 27.8 Å². The molecule has 162 valence electrons. The number of hydrogen-bond acceptors (Lipinski definition) is 8. The number of anilines is 2. The monoisotopic (exact) mass is 426 g/mol. The molecule has 2 aliphatic heterocycles. The van der Waals surface area contributed by atoms with Gasteiger partial charge in [0.25, 0.3) is 0 Å². The molecular weight excluding hydrogens is 405 g/mol. The fraction of sp³-hybridized carbons (Fsp3) is 0.500. The number of halogens is 3. The average molecular weight is 426 g/mol. The van der Waals surface area contributed by atoms with Gasteiger partial charge in [0, 0.05) is 56.4 Å². The van der Waals surface area contributed by atoms with Gasteiger partial charge in [-0.2, -0.15) is 13.2 Å². The van der Waals surface area contributed by atoms with Crippen molar-refractivity contribution in [1.29, 1.82) is 0 Å². The van der Waals surface area contributed by atoms with E-state index in [4.69, 9.17) is 14.6 Å². The van der Waals surface area contributed by atoms with Crippen molar-refractivity contribution in [1.82, 2.24) is 19.9 Å². The highest BCUT2D eigenvalue weighted by molar-refractivity contribution is 5.73. The second-order valence-corrected chi connectivity index (χ2v) is 7.05. The van der Waals surface area contributed by atoms with Crippen molar-refractivity contribution in [3.8, 4) is 0 Å². The largest absolute Gasteiger partial charge is 0.490 e. The number of carbonyl (C=O) groups is 1. The number of carboxylic acid groups (broad SMARTS) is 1. The molecule has 9 nitrogen and oxygen atoms in total. The standard InChI is InChI=1S/C16H20N6O.C2HF3O2/c1-4-17-14(18-5-1)21-8-3-16(11-21)12-22(9-10-23-13-16)15-19-6-2-7-20-15;3-2(4,5)1(6)7/h1-2,4-7H,3,8-13H2;(H,6,7). The molecule has 2 aromatic rings. The third kappa shape index (κ3) is 5.53. The quantitative estimate of drug-likeness (QED) is 0.767. The van der Waals surface area contributed by atoms with Crippen LogP contribution in [0.5, 0.6) is 0 Å². The van der Waals surface area contributed by atoms with Crippen LogP contribution in [0.3, 0.4) is 0 Å². The predicted molar refractivity (Wildman–Crippen MR) is 100 cm³/mol. The van der Waals surface area contributed by atoms with Gasteiger partial charge in [-0.3, -0.25) is 0 Å². The summed E-state index contributed by atoms with van der Waals surface area (Å²) in [5, 5.41) is 7.12. The third-order valence-corrected chi connectivity index (χ3v) is 4.79. The number of aliphatic carboxylic acids is 1. The van der Waals surface area contributed by atoms with E-state index >= 15 is 0 Å². The van der Waals surface area contributed by atoms with Crippen molar-refractivity contribution in [2.24, 2.45) is 5.41 Å². The van der Waals surface area contributed by atoms with Crippen LogP contribution in [0, 0.1) is 5.41 Å². The normalized spacial score (nSPS) is 21.7. The number of carboxylic acids is 1. The van der Waals surface area contributed by atoms with E-state index in [0.29, 0.717) is 6.61 Å². The van der Waals surface area contributed by atoms with E-state index in [0.717, 1.165) is 51.1 Å². The first-order valence-electron chi connectivity index (χ1n) is 9.21. The van der Waals surface area contributed by atoms with Gasteiger partial charge in [-0.25, -0.2) is 24.7 Å². The number of ether oxygens (including phenoxy) is 1. The minimum absolute atomic E-state index is 0.0783. The van der Waals surface area contributed by atoms with Crippen LogP contribution in [-0.2, 0) is 9.53 Å². The first-order chi connectivity index (χ1) is 14.3. The van der Waals surface area contributed by atoms with Gasteiger partial charge in [0.1, 0.15) is 0 Å². The van der Waals surface area contributed by atoms with Crippen LogP contribution >= 0.6 is 0 Å². The molecule has 2 aromatic heterocycles. The Labute approximate surface area is 170 Å². The van der Waals surface area contributed by atoms with Crippen LogP contribution in [0.1, 0.15) is 6.42 Å². The second kappa shape index (κ2) is 9.20. The van der Waals surface area contributed by atoms with Crippen molar-refractivity contribution in [2.45, 2.75) is 12.6 Å². The lowest BCUT2D eigenvalue weighted by molar-refractivity contribution is -0.192. The maximum absolute atomic E-state index is 10.6. The molecule has 1 atom stereocenters. The third-order valence-electron chi connectivity index (χ3n) is 4.79. The summed E-state index contributed by atoms with van der Waals surface area (Å²) in [4.78, 5) is 30.9. The van der Waals surface area contributed by atoms with E-state index < -0.39 is 12.1 Å². The maximum Gasteiger partial charge on any atom is 0.490 e. The highest BCUT2D eigenvalue weighted by Gasteiger charge is 2.42. The molecule has 1 N–H and O–H groups in total. The Morgan fingerprint density at radius 1 is 0.967 bits per heavy atom. The lowest BCUT2D eigenvalue weighted by atomic mass is 9.87. The zero-order valence-corrected chi connectivity index (χ0v) is 16.0. The maximum atomic E-state index is 10.6. The highest BCUT2D eigenvalue weighted by Crippen LogP contribution is 2.35. The van der Waals surface area contributed by atoms with Gasteiger partial charge < -0.3 is 19.6 Å². The topological polar surface area (TPSA) is 105 Å².